The summed E-state index contributed by atoms with van der Waals surface area (Å²) in [5.74, 6) is 0. The molecule has 0 aromatic heterocycles. The Labute approximate surface area is 117 Å². The van der Waals surface area contributed by atoms with Crippen molar-refractivity contribution in [3.8, 4) is 0 Å². The van der Waals surface area contributed by atoms with E-state index in [1.54, 1.807) is 0 Å². The highest BCUT2D eigenvalue weighted by Gasteiger charge is 2.08. The Morgan fingerprint density at radius 2 is 1.58 bits per heavy atom. The molecule has 0 saturated heterocycles. The van der Waals surface area contributed by atoms with Crippen molar-refractivity contribution in [3.05, 3.63) is 35.9 Å². The SMILES string of the molecule is CC(C)N[C@H](C=O)Cc1ccccc1.CNC(C)C. The molecule has 1 aromatic carbocycles. The van der Waals surface area contributed by atoms with Crippen LogP contribution in [0.5, 0.6) is 0 Å². The highest BCUT2D eigenvalue weighted by molar-refractivity contribution is 5.58. The minimum absolute atomic E-state index is 0.0719. The van der Waals surface area contributed by atoms with E-state index < -0.39 is 0 Å². The Morgan fingerprint density at radius 3 is 1.95 bits per heavy atom. The normalized spacial score (nSPS) is 11.9. The molecule has 1 atom stereocenters. The molecule has 0 fully saturated rings. The lowest BCUT2D eigenvalue weighted by Gasteiger charge is -2.15. The predicted molar refractivity (Wildman–Crippen MR) is 82.5 cm³/mol. The molecular formula is C16H28N2O. The standard InChI is InChI=1S/C12H17NO.C4H11N/c1-10(2)13-12(9-14)8-11-6-4-3-5-7-11;1-4(2)5-3/h3-7,9-10,12-13H,8H2,1-2H3;4-5H,1-3H3/t12-;/m0./s1. The van der Waals surface area contributed by atoms with Crippen LogP contribution >= 0.6 is 0 Å². The first-order valence-corrected chi connectivity index (χ1v) is 6.92. The fourth-order valence-electron chi connectivity index (χ4n) is 1.44. The van der Waals surface area contributed by atoms with Gasteiger partial charge in [0.1, 0.15) is 6.29 Å². The van der Waals surface area contributed by atoms with Gasteiger partial charge in [-0.3, -0.25) is 0 Å². The van der Waals surface area contributed by atoms with Gasteiger partial charge in [-0.05, 0) is 19.0 Å². The fourth-order valence-corrected chi connectivity index (χ4v) is 1.44. The third-order valence-electron chi connectivity index (χ3n) is 2.59. The molecule has 0 spiro atoms. The second kappa shape index (κ2) is 10.7. The molecule has 0 bridgehead atoms. The van der Waals surface area contributed by atoms with Crippen molar-refractivity contribution in [1.29, 1.82) is 0 Å². The molecule has 0 aliphatic rings. The average Bonchev–Trinajstić information content (AvgIpc) is 2.39. The fraction of sp³-hybridized carbons (Fsp3) is 0.562. The van der Waals surface area contributed by atoms with Gasteiger partial charge < -0.3 is 15.4 Å². The maximum absolute atomic E-state index is 10.8. The highest BCUT2D eigenvalue weighted by atomic mass is 16.1. The maximum atomic E-state index is 10.8. The Morgan fingerprint density at radius 1 is 1.05 bits per heavy atom. The second-order valence-electron chi connectivity index (χ2n) is 5.20. The van der Waals surface area contributed by atoms with Crippen molar-refractivity contribution in [1.82, 2.24) is 10.6 Å². The quantitative estimate of drug-likeness (QED) is 0.775. The van der Waals surface area contributed by atoms with Gasteiger partial charge in [0.25, 0.3) is 0 Å². The lowest BCUT2D eigenvalue weighted by molar-refractivity contribution is -0.109. The Kier molecular flexibility index (Phi) is 10.0. The average molecular weight is 264 g/mol. The summed E-state index contributed by atoms with van der Waals surface area (Å²) in [6.45, 7) is 8.31. The summed E-state index contributed by atoms with van der Waals surface area (Å²) in [5.41, 5.74) is 1.19. The van der Waals surface area contributed by atoms with Crippen LogP contribution < -0.4 is 10.6 Å². The van der Waals surface area contributed by atoms with Gasteiger partial charge in [0.05, 0.1) is 6.04 Å². The van der Waals surface area contributed by atoms with Crippen LogP contribution in [0.4, 0.5) is 0 Å². The zero-order valence-electron chi connectivity index (χ0n) is 12.8. The monoisotopic (exact) mass is 264 g/mol. The lowest BCUT2D eigenvalue weighted by Crippen LogP contribution is -2.37. The van der Waals surface area contributed by atoms with Crippen molar-refractivity contribution in [2.75, 3.05) is 7.05 Å². The number of hydrogen-bond acceptors (Lipinski definition) is 3. The van der Waals surface area contributed by atoms with E-state index in [0.29, 0.717) is 12.1 Å². The van der Waals surface area contributed by atoms with E-state index in [1.165, 1.54) is 5.56 Å². The summed E-state index contributed by atoms with van der Waals surface area (Å²) in [6, 6.07) is 11.0. The molecule has 0 aliphatic carbocycles. The molecule has 3 heteroatoms. The summed E-state index contributed by atoms with van der Waals surface area (Å²) in [6.07, 6.45) is 1.75. The molecule has 0 unspecified atom stereocenters. The van der Waals surface area contributed by atoms with Gasteiger partial charge in [-0.1, -0.05) is 58.0 Å². The summed E-state index contributed by atoms with van der Waals surface area (Å²) < 4.78 is 0. The molecule has 0 amide bonds. The topological polar surface area (TPSA) is 41.1 Å². The molecule has 0 saturated carbocycles. The van der Waals surface area contributed by atoms with E-state index in [2.05, 4.69) is 24.5 Å². The molecule has 2 N–H and O–H groups in total. The van der Waals surface area contributed by atoms with Gasteiger partial charge in [-0.15, -0.1) is 0 Å². The van der Waals surface area contributed by atoms with Crippen LogP contribution in [0, 0.1) is 0 Å². The number of benzene rings is 1. The smallest absolute Gasteiger partial charge is 0.137 e. The van der Waals surface area contributed by atoms with Gasteiger partial charge in [0.15, 0.2) is 0 Å². The van der Waals surface area contributed by atoms with Crippen LogP contribution in [-0.2, 0) is 11.2 Å². The summed E-state index contributed by atoms with van der Waals surface area (Å²) in [5, 5.41) is 6.24. The first-order chi connectivity index (χ1) is 8.99. The van der Waals surface area contributed by atoms with Crippen molar-refractivity contribution in [2.45, 2.75) is 52.2 Å². The zero-order valence-corrected chi connectivity index (χ0v) is 12.8. The largest absolute Gasteiger partial charge is 0.318 e. The highest BCUT2D eigenvalue weighted by Crippen LogP contribution is 2.02. The first kappa shape index (κ1) is 17.8. The molecule has 0 radical (unpaired) electrons. The van der Waals surface area contributed by atoms with E-state index in [-0.39, 0.29) is 6.04 Å². The zero-order chi connectivity index (χ0) is 14.7. The van der Waals surface area contributed by atoms with Crippen LogP contribution in [0.3, 0.4) is 0 Å². The number of rotatable bonds is 6. The molecule has 0 heterocycles. The molecular weight excluding hydrogens is 236 g/mol. The Hall–Kier alpha value is -1.19. The number of nitrogens with one attached hydrogen (secondary N) is 2. The first-order valence-electron chi connectivity index (χ1n) is 6.92. The maximum Gasteiger partial charge on any atom is 0.137 e. The van der Waals surface area contributed by atoms with Crippen LogP contribution in [0.15, 0.2) is 30.3 Å². The third kappa shape index (κ3) is 10.4. The minimum atomic E-state index is -0.0719. The lowest BCUT2D eigenvalue weighted by atomic mass is 10.1. The summed E-state index contributed by atoms with van der Waals surface area (Å²) in [4.78, 5) is 10.8. The Bertz CT molecular complexity index is 323. The van der Waals surface area contributed by atoms with Crippen molar-refractivity contribution < 1.29 is 4.79 Å². The Balaban J connectivity index is 0.000000555. The number of carbonyl (C=O) groups is 1. The van der Waals surface area contributed by atoms with Gasteiger partial charge in [0, 0.05) is 12.1 Å². The third-order valence-corrected chi connectivity index (χ3v) is 2.59. The van der Waals surface area contributed by atoms with E-state index in [4.69, 9.17) is 0 Å². The van der Waals surface area contributed by atoms with E-state index in [0.717, 1.165) is 12.7 Å². The van der Waals surface area contributed by atoms with Crippen LogP contribution in [0.25, 0.3) is 0 Å². The molecule has 1 rings (SSSR count). The second-order valence-corrected chi connectivity index (χ2v) is 5.20. The molecule has 3 nitrogen and oxygen atoms in total. The van der Waals surface area contributed by atoms with Gasteiger partial charge in [-0.25, -0.2) is 0 Å². The van der Waals surface area contributed by atoms with E-state index >= 15 is 0 Å². The minimum Gasteiger partial charge on any atom is -0.318 e. The summed E-state index contributed by atoms with van der Waals surface area (Å²) in [7, 11) is 1.95. The van der Waals surface area contributed by atoms with Crippen LogP contribution in [-0.4, -0.2) is 31.5 Å². The van der Waals surface area contributed by atoms with E-state index in [1.807, 2.05) is 51.2 Å². The van der Waals surface area contributed by atoms with Crippen molar-refractivity contribution >= 4 is 6.29 Å². The summed E-state index contributed by atoms with van der Waals surface area (Å²) >= 11 is 0. The number of aldehydes is 1. The van der Waals surface area contributed by atoms with Crippen molar-refractivity contribution in [2.24, 2.45) is 0 Å². The number of hydrogen-bond donors (Lipinski definition) is 2. The van der Waals surface area contributed by atoms with Crippen molar-refractivity contribution in [3.63, 3.8) is 0 Å². The van der Waals surface area contributed by atoms with Gasteiger partial charge >= 0.3 is 0 Å². The van der Waals surface area contributed by atoms with Crippen LogP contribution in [0.2, 0.25) is 0 Å². The molecule has 108 valence electrons. The predicted octanol–water partition coefficient (Wildman–Crippen LogP) is 2.41. The van der Waals surface area contributed by atoms with E-state index in [9.17, 15) is 4.79 Å². The molecule has 19 heavy (non-hydrogen) atoms. The molecule has 1 aromatic rings. The van der Waals surface area contributed by atoms with Gasteiger partial charge in [-0.2, -0.15) is 0 Å². The van der Waals surface area contributed by atoms with Crippen LogP contribution in [0.1, 0.15) is 33.3 Å². The van der Waals surface area contributed by atoms with Gasteiger partial charge in [0.2, 0.25) is 0 Å². The molecule has 0 aliphatic heterocycles. The number of carbonyl (C=O) groups excluding carboxylic acids is 1.